The molecule has 1 unspecified atom stereocenters. The van der Waals surface area contributed by atoms with Gasteiger partial charge in [0.1, 0.15) is 0 Å². The van der Waals surface area contributed by atoms with E-state index < -0.39 is 12.3 Å². The standard InChI is InChI=1S/C8H14F3NO/c1-7(2)4-12-3-6(13-5-7)8(9,10)11/h6,12H,3-5H2,1-2H3. The molecule has 1 saturated heterocycles. The lowest BCUT2D eigenvalue weighted by molar-refractivity contribution is -0.219. The third-order valence-corrected chi connectivity index (χ3v) is 1.97. The molecule has 0 aromatic heterocycles. The first kappa shape index (κ1) is 10.8. The van der Waals surface area contributed by atoms with E-state index in [1.807, 2.05) is 13.8 Å². The molecule has 1 heterocycles. The van der Waals surface area contributed by atoms with Gasteiger partial charge in [0.25, 0.3) is 0 Å². The summed E-state index contributed by atoms with van der Waals surface area (Å²) in [6.07, 6.45) is -5.91. The van der Waals surface area contributed by atoms with Gasteiger partial charge in [-0.05, 0) is 0 Å². The van der Waals surface area contributed by atoms with E-state index in [2.05, 4.69) is 5.32 Å². The van der Waals surface area contributed by atoms with E-state index in [1.54, 1.807) is 0 Å². The van der Waals surface area contributed by atoms with Crippen LogP contribution in [0.4, 0.5) is 13.2 Å². The summed E-state index contributed by atoms with van der Waals surface area (Å²) in [6.45, 7) is 4.30. The van der Waals surface area contributed by atoms with Crippen molar-refractivity contribution in [2.45, 2.75) is 26.1 Å². The number of halogens is 3. The summed E-state index contributed by atoms with van der Waals surface area (Å²) in [5, 5.41) is 2.75. The van der Waals surface area contributed by atoms with Crippen molar-refractivity contribution in [3.8, 4) is 0 Å². The molecular formula is C8H14F3NO. The fourth-order valence-corrected chi connectivity index (χ4v) is 1.19. The predicted molar refractivity (Wildman–Crippen MR) is 42.4 cm³/mol. The normalized spacial score (nSPS) is 29.8. The Hall–Kier alpha value is -0.290. The minimum absolute atomic E-state index is 0.143. The Morgan fingerprint density at radius 3 is 2.54 bits per heavy atom. The van der Waals surface area contributed by atoms with Crippen LogP contribution in [0.1, 0.15) is 13.8 Å². The molecule has 0 bridgehead atoms. The van der Waals surface area contributed by atoms with Gasteiger partial charge >= 0.3 is 6.18 Å². The molecule has 78 valence electrons. The summed E-state index contributed by atoms with van der Waals surface area (Å²) >= 11 is 0. The zero-order chi connectivity index (χ0) is 10.1. The molecular weight excluding hydrogens is 183 g/mol. The highest BCUT2D eigenvalue weighted by Gasteiger charge is 2.42. The van der Waals surface area contributed by atoms with Gasteiger partial charge < -0.3 is 10.1 Å². The van der Waals surface area contributed by atoms with E-state index in [1.165, 1.54) is 0 Å². The van der Waals surface area contributed by atoms with Crippen molar-refractivity contribution in [2.75, 3.05) is 19.7 Å². The average Bonchev–Trinajstić information content (AvgIpc) is 2.08. The number of hydrogen-bond donors (Lipinski definition) is 1. The summed E-state index contributed by atoms with van der Waals surface area (Å²) in [7, 11) is 0. The van der Waals surface area contributed by atoms with Crippen molar-refractivity contribution in [1.29, 1.82) is 0 Å². The quantitative estimate of drug-likeness (QED) is 0.636. The zero-order valence-corrected chi connectivity index (χ0v) is 7.74. The second-order valence-corrected chi connectivity index (χ2v) is 4.14. The van der Waals surface area contributed by atoms with E-state index in [0.29, 0.717) is 6.54 Å². The number of alkyl halides is 3. The Bertz CT molecular complexity index is 179. The van der Waals surface area contributed by atoms with Crippen LogP contribution in [0.25, 0.3) is 0 Å². The largest absolute Gasteiger partial charge is 0.415 e. The Morgan fingerprint density at radius 2 is 2.00 bits per heavy atom. The van der Waals surface area contributed by atoms with E-state index >= 15 is 0 Å². The fourth-order valence-electron chi connectivity index (χ4n) is 1.19. The molecule has 0 saturated carbocycles. The molecule has 0 aliphatic carbocycles. The first-order chi connectivity index (χ1) is 5.81. The molecule has 13 heavy (non-hydrogen) atoms. The first-order valence-electron chi connectivity index (χ1n) is 4.20. The summed E-state index contributed by atoms with van der Waals surface area (Å²) in [5.41, 5.74) is -0.222. The summed E-state index contributed by atoms with van der Waals surface area (Å²) in [4.78, 5) is 0. The molecule has 0 aromatic rings. The lowest BCUT2D eigenvalue weighted by Crippen LogP contribution is -2.38. The lowest BCUT2D eigenvalue weighted by atomic mass is 9.95. The molecule has 1 N–H and O–H groups in total. The van der Waals surface area contributed by atoms with Gasteiger partial charge in [-0.1, -0.05) is 13.8 Å². The maximum absolute atomic E-state index is 12.2. The van der Waals surface area contributed by atoms with E-state index in [9.17, 15) is 13.2 Å². The maximum atomic E-state index is 12.2. The second-order valence-electron chi connectivity index (χ2n) is 4.14. The monoisotopic (exact) mass is 197 g/mol. The minimum Gasteiger partial charge on any atom is -0.367 e. The maximum Gasteiger partial charge on any atom is 0.415 e. The molecule has 0 amide bonds. The van der Waals surface area contributed by atoms with Gasteiger partial charge in [0.15, 0.2) is 6.10 Å². The van der Waals surface area contributed by atoms with Gasteiger partial charge in [0.2, 0.25) is 0 Å². The molecule has 1 aliphatic heterocycles. The predicted octanol–water partition coefficient (Wildman–Crippen LogP) is 1.56. The molecule has 5 heteroatoms. The Morgan fingerprint density at radius 1 is 1.38 bits per heavy atom. The third kappa shape index (κ3) is 3.15. The van der Waals surface area contributed by atoms with Crippen molar-refractivity contribution >= 4 is 0 Å². The molecule has 1 atom stereocenters. The van der Waals surface area contributed by atoms with Gasteiger partial charge in [0.05, 0.1) is 6.61 Å². The van der Waals surface area contributed by atoms with Crippen LogP contribution in [-0.4, -0.2) is 32.0 Å². The number of rotatable bonds is 0. The molecule has 0 aromatic carbocycles. The van der Waals surface area contributed by atoms with E-state index in [-0.39, 0.29) is 18.6 Å². The summed E-state index contributed by atoms with van der Waals surface area (Å²) in [6, 6.07) is 0. The fraction of sp³-hybridized carbons (Fsp3) is 1.00. The molecule has 1 aliphatic rings. The molecule has 1 rings (SSSR count). The van der Waals surface area contributed by atoms with Crippen LogP contribution >= 0.6 is 0 Å². The minimum atomic E-state index is -4.26. The SMILES string of the molecule is CC1(C)CNCC(C(F)(F)F)OC1. The number of ether oxygens (including phenoxy) is 1. The molecule has 2 nitrogen and oxygen atoms in total. The highest BCUT2D eigenvalue weighted by Crippen LogP contribution is 2.26. The highest BCUT2D eigenvalue weighted by atomic mass is 19.4. The van der Waals surface area contributed by atoms with E-state index in [4.69, 9.17) is 4.74 Å². The molecule has 1 fully saturated rings. The van der Waals surface area contributed by atoms with Gasteiger partial charge in [-0.3, -0.25) is 0 Å². The number of nitrogens with one attached hydrogen (secondary N) is 1. The van der Waals surface area contributed by atoms with Crippen LogP contribution in [0.3, 0.4) is 0 Å². The smallest absolute Gasteiger partial charge is 0.367 e. The Balaban J connectivity index is 2.55. The van der Waals surface area contributed by atoms with Crippen molar-refractivity contribution < 1.29 is 17.9 Å². The zero-order valence-electron chi connectivity index (χ0n) is 7.74. The van der Waals surface area contributed by atoms with Crippen LogP contribution < -0.4 is 5.32 Å². The Kier molecular flexibility index (Phi) is 2.87. The van der Waals surface area contributed by atoms with Gasteiger partial charge in [-0.25, -0.2) is 0 Å². The van der Waals surface area contributed by atoms with Crippen molar-refractivity contribution in [3.05, 3.63) is 0 Å². The van der Waals surface area contributed by atoms with Crippen LogP contribution in [0.2, 0.25) is 0 Å². The lowest BCUT2D eigenvalue weighted by Gasteiger charge is -2.22. The first-order valence-corrected chi connectivity index (χ1v) is 4.20. The summed E-state index contributed by atoms with van der Waals surface area (Å²) < 4.78 is 41.4. The van der Waals surface area contributed by atoms with Gasteiger partial charge in [-0.2, -0.15) is 13.2 Å². The van der Waals surface area contributed by atoms with Crippen LogP contribution in [0, 0.1) is 5.41 Å². The third-order valence-electron chi connectivity index (χ3n) is 1.97. The van der Waals surface area contributed by atoms with Crippen molar-refractivity contribution in [1.82, 2.24) is 5.32 Å². The van der Waals surface area contributed by atoms with Crippen LogP contribution in [0.5, 0.6) is 0 Å². The number of hydrogen-bond acceptors (Lipinski definition) is 2. The molecule has 0 spiro atoms. The second kappa shape index (κ2) is 3.46. The van der Waals surface area contributed by atoms with Crippen molar-refractivity contribution in [2.24, 2.45) is 5.41 Å². The van der Waals surface area contributed by atoms with E-state index in [0.717, 1.165) is 0 Å². The summed E-state index contributed by atoms with van der Waals surface area (Å²) in [5.74, 6) is 0. The van der Waals surface area contributed by atoms with Crippen LogP contribution in [0.15, 0.2) is 0 Å². The highest BCUT2D eigenvalue weighted by molar-refractivity contribution is 4.80. The van der Waals surface area contributed by atoms with Crippen molar-refractivity contribution in [3.63, 3.8) is 0 Å². The molecule has 0 radical (unpaired) electrons. The van der Waals surface area contributed by atoms with Gasteiger partial charge in [0, 0.05) is 18.5 Å². The topological polar surface area (TPSA) is 21.3 Å². The van der Waals surface area contributed by atoms with Crippen LogP contribution in [-0.2, 0) is 4.74 Å². The Labute approximate surface area is 75.4 Å². The average molecular weight is 197 g/mol. The van der Waals surface area contributed by atoms with Gasteiger partial charge in [-0.15, -0.1) is 0 Å².